The summed E-state index contributed by atoms with van der Waals surface area (Å²) in [4.78, 5) is 25.0. The van der Waals surface area contributed by atoms with Gasteiger partial charge in [-0.05, 0) is 65.8 Å². The average Bonchev–Trinajstić information content (AvgIpc) is 2.82. The maximum Gasteiger partial charge on any atom is 0.338 e. The van der Waals surface area contributed by atoms with Gasteiger partial charge in [0.25, 0.3) is 5.91 Å². The van der Waals surface area contributed by atoms with Gasteiger partial charge in [0.1, 0.15) is 5.75 Å². The molecule has 1 atom stereocenters. The van der Waals surface area contributed by atoms with Crippen LogP contribution in [0.4, 0.5) is 0 Å². The van der Waals surface area contributed by atoms with Gasteiger partial charge in [-0.15, -0.1) is 0 Å². The lowest BCUT2D eigenvalue weighted by molar-refractivity contribution is -0.139. The molecule has 1 aliphatic rings. The minimum Gasteiger partial charge on any atom is -0.494 e. The molecule has 0 spiro atoms. The summed E-state index contributed by atoms with van der Waals surface area (Å²) in [5, 5.41) is 10.7. The van der Waals surface area contributed by atoms with Crippen LogP contribution in [0.5, 0.6) is 11.5 Å². The van der Waals surface area contributed by atoms with Gasteiger partial charge < -0.3 is 24.8 Å². The molecule has 190 valence electrons. The molecule has 1 heterocycles. The number of rotatable bonds is 9. The van der Waals surface area contributed by atoms with Crippen LogP contribution < -0.4 is 25.5 Å². The fourth-order valence-corrected chi connectivity index (χ4v) is 4.79. The van der Waals surface area contributed by atoms with Gasteiger partial charge in [-0.1, -0.05) is 29.8 Å². The van der Waals surface area contributed by atoms with Gasteiger partial charge in [0.05, 0.1) is 41.0 Å². The Labute approximate surface area is 227 Å². The largest absolute Gasteiger partial charge is 0.494 e. The first-order valence-electron chi connectivity index (χ1n) is 10.8. The minimum absolute atomic E-state index is 0.227. The summed E-state index contributed by atoms with van der Waals surface area (Å²) < 4.78 is 16.8. The van der Waals surface area contributed by atoms with Gasteiger partial charge in [0.15, 0.2) is 17.5 Å². The molecule has 0 saturated carbocycles. The predicted octanol–water partition coefficient (Wildman–Crippen LogP) is 4.00. The van der Waals surface area contributed by atoms with Crippen LogP contribution in [0.25, 0.3) is 0 Å². The topological polar surface area (TPSA) is 110 Å². The molecule has 0 saturated heterocycles. The maximum absolute atomic E-state index is 12.6. The number of hydrogen-bond donors (Lipinski definition) is 3. The normalized spacial score (nSPS) is 15.2. The molecular weight excluding hydrogens is 572 g/mol. The number of amides is 1. The predicted molar refractivity (Wildman–Crippen MR) is 144 cm³/mol. The number of para-hydroxylation sites is 1. The molecule has 36 heavy (non-hydrogen) atoms. The van der Waals surface area contributed by atoms with Crippen molar-refractivity contribution >= 4 is 63.0 Å². The fourth-order valence-electron chi connectivity index (χ4n) is 3.46. The Morgan fingerprint density at radius 1 is 1.31 bits per heavy atom. The second-order valence-corrected chi connectivity index (χ2v) is 9.10. The van der Waals surface area contributed by atoms with Crippen LogP contribution in [0.15, 0.2) is 57.2 Å². The Morgan fingerprint density at radius 2 is 2.06 bits per heavy atom. The molecule has 2 aromatic carbocycles. The van der Waals surface area contributed by atoms with Crippen molar-refractivity contribution in [2.75, 3.05) is 20.3 Å². The van der Waals surface area contributed by atoms with Crippen molar-refractivity contribution in [3.05, 3.63) is 68.3 Å². The molecule has 3 N–H and O–H groups in total. The van der Waals surface area contributed by atoms with E-state index in [1.165, 1.54) is 13.3 Å². The number of ether oxygens (including phenoxy) is 3. The third-order valence-corrected chi connectivity index (χ3v) is 6.07. The molecule has 2 aromatic rings. The molecule has 3 rings (SSSR count). The summed E-state index contributed by atoms with van der Waals surface area (Å²) in [5.74, 6) is -0.0510. The van der Waals surface area contributed by atoms with E-state index in [9.17, 15) is 9.59 Å². The number of hydrazone groups is 1. The van der Waals surface area contributed by atoms with E-state index in [2.05, 4.69) is 37.1 Å². The second-order valence-electron chi connectivity index (χ2n) is 7.43. The van der Waals surface area contributed by atoms with Crippen LogP contribution in [0.2, 0.25) is 5.02 Å². The van der Waals surface area contributed by atoms with Crippen LogP contribution in [0.1, 0.15) is 31.0 Å². The van der Waals surface area contributed by atoms with E-state index in [1.807, 2.05) is 0 Å². The lowest BCUT2D eigenvalue weighted by Crippen LogP contribution is -2.45. The first-order valence-corrected chi connectivity index (χ1v) is 12.3. The highest BCUT2D eigenvalue weighted by atomic mass is 79.9. The molecule has 0 unspecified atom stereocenters. The molecule has 1 aliphatic heterocycles. The van der Waals surface area contributed by atoms with Crippen molar-refractivity contribution < 1.29 is 23.8 Å². The Bertz CT molecular complexity index is 1210. The molecule has 0 aromatic heterocycles. The van der Waals surface area contributed by atoms with Crippen LogP contribution >= 0.6 is 39.7 Å². The lowest BCUT2D eigenvalue weighted by Gasteiger charge is -2.30. The zero-order chi connectivity index (χ0) is 26.2. The van der Waals surface area contributed by atoms with E-state index < -0.39 is 17.9 Å². The van der Waals surface area contributed by atoms with Gasteiger partial charge in [0, 0.05) is 11.3 Å². The summed E-state index contributed by atoms with van der Waals surface area (Å²) in [5.41, 5.74) is 4.64. The van der Waals surface area contributed by atoms with E-state index in [0.717, 1.165) is 0 Å². The van der Waals surface area contributed by atoms with Crippen molar-refractivity contribution in [3.63, 3.8) is 0 Å². The second kappa shape index (κ2) is 12.7. The Balaban J connectivity index is 1.70. The highest BCUT2D eigenvalue weighted by Gasteiger charge is 2.32. The summed E-state index contributed by atoms with van der Waals surface area (Å²) in [7, 11) is 1.52. The summed E-state index contributed by atoms with van der Waals surface area (Å²) in [6.07, 6.45) is 1.45. The number of halogens is 2. The van der Waals surface area contributed by atoms with Crippen molar-refractivity contribution in [3.8, 4) is 11.5 Å². The van der Waals surface area contributed by atoms with Gasteiger partial charge in [-0.25, -0.2) is 10.2 Å². The van der Waals surface area contributed by atoms with Crippen LogP contribution in [0.3, 0.4) is 0 Å². The smallest absolute Gasteiger partial charge is 0.338 e. The molecule has 0 radical (unpaired) electrons. The van der Waals surface area contributed by atoms with Crippen LogP contribution in [0, 0.1) is 0 Å². The number of nitrogens with zero attached hydrogens (tertiary/aromatic N) is 1. The maximum atomic E-state index is 12.6. The molecule has 9 nitrogen and oxygen atoms in total. The number of benzene rings is 2. The first-order chi connectivity index (χ1) is 17.2. The van der Waals surface area contributed by atoms with E-state index in [0.29, 0.717) is 48.5 Å². The number of hydrogen-bond acceptors (Lipinski definition) is 7. The van der Waals surface area contributed by atoms with E-state index in [4.69, 9.17) is 38.0 Å². The van der Waals surface area contributed by atoms with Gasteiger partial charge in [0.2, 0.25) is 0 Å². The molecular formula is C24H24BrClN4O5S. The average molecular weight is 596 g/mol. The fraction of sp³-hybridized carbons (Fsp3) is 0.250. The summed E-state index contributed by atoms with van der Waals surface area (Å²) in [6.45, 7) is 3.40. The van der Waals surface area contributed by atoms with Crippen molar-refractivity contribution in [1.29, 1.82) is 0 Å². The van der Waals surface area contributed by atoms with Gasteiger partial charge in [-0.2, -0.15) is 5.10 Å². The SMILES string of the molecule is CCOC(=O)C1=C(C)NC(=S)N[C@H]1c1ccccc1OCC(=O)NN=Cc1cc(Cl)c(OC)c(Br)c1. The Morgan fingerprint density at radius 3 is 2.75 bits per heavy atom. The number of esters is 1. The molecule has 0 fully saturated rings. The third kappa shape index (κ3) is 6.74. The number of allylic oxidation sites excluding steroid dienone is 1. The van der Waals surface area contributed by atoms with Crippen molar-refractivity contribution in [1.82, 2.24) is 16.1 Å². The van der Waals surface area contributed by atoms with Crippen LogP contribution in [-0.4, -0.2) is 43.5 Å². The quantitative estimate of drug-likeness (QED) is 0.173. The van der Waals surface area contributed by atoms with E-state index in [1.54, 1.807) is 50.2 Å². The summed E-state index contributed by atoms with van der Waals surface area (Å²) >= 11 is 14.8. The number of methoxy groups -OCH3 is 1. The van der Waals surface area contributed by atoms with Gasteiger partial charge in [-0.3, -0.25) is 4.79 Å². The zero-order valence-corrected chi connectivity index (χ0v) is 22.8. The number of thiocarbonyl (C=S) groups is 1. The number of nitrogens with one attached hydrogen (secondary N) is 3. The van der Waals surface area contributed by atoms with E-state index >= 15 is 0 Å². The van der Waals surface area contributed by atoms with Crippen molar-refractivity contribution in [2.24, 2.45) is 5.10 Å². The minimum atomic E-state index is -0.617. The van der Waals surface area contributed by atoms with Crippen molar-refractivity contribution in [2.45, 2.75) is 19.9 Å². The number of carbonyl (C=O) groups excluding carboxylic acids is 2. The first kappa shape index (κ1) is 27.4. The molecule has 0 bridgehead atoms. The Hall–Kier alpha value is -3.15. The van der Waals surface area contributed by atoms with E-state index in [-0.39, 0.29) is 13.2 Å². The zero-order valence-electron chi connectivity index (χ0n) is 19.7. The summed E-state index contributed by atoms with van der Waals surface area (Å²) in [6, 6.07) is 9.84. The van der Waals surface area contributed by atoms with Crippen LogP contribution in [-0.2, 0) is 14.3 Å². The third-order valence-electron chi connectivity index (χ3n) is 4.98. The monoisotopic (exact) mass is 594 g/mol. The number of carbonyl (C=O) groups is 2. The van der Waals surface area contributed by atoms with Gasteiger partial charge >= 0.3 is 5.97 Å². The lowest BCUT2D eigenvalue weighted by atomic mass is 9.95. The molecule has 12 heteroatoms. The highest BCUT2D eigenvalue weighted by Crippen LogP contribution is 2.34. The molecule has 0 aliphatic carbocycles. The highest BCUT2D eigenvalue weighted by molar-refractivity contribution is 9.10. The Kier molecular flexibility index (Phi) is 9.68. The molecule has 1 amide bonds. The standard InChI is InChI=1S/C24H24BrClN4O5S/c1-4-34-23(32)20-13(2)28-24(36)29-21(20)15-7-5-6-8-18(15)35-12-19(31)30-27-11-14-9-16(25)22(33-3)17(26)10-14/h5-11,21H,4,12H2,1-3H3,(H,30,31)(H2,28,29,36)/t21-/m0/s1.